The lowest BCUT2D eigenvalue weighted by Gasteiger charge is -2.48. The lowest BCUT2D eigenvalue weighted by atomic mass is 9.94. The van der Waals surface area contributed by atoms with Crippen molar-refractivity contribution >= 4 is 51.8 Å². The minimum absolute atomic E-state index is 0.0219. The highest BCUT2D eigenvalue weighted by Gasteiger charge is 2.40. The Morgan fingerprint density at radius 3 is 2.66 bits per heavy atom. The summed E-state index contributed by atoms with van der Waals surface area (Å²) in [4.78, 5) is 10.1. The first-order valence-electron chi connectivity index (χ1n) is 11.2. The highest BCUT2D eigenvalue weighted by molar-refractivity contribution is 7.82. The van der Waals surface area contributed by atoms with Crippen molar-refractivity contribution in [2.45, 2.75) is 26.0 Å². The third kappa shape index (κ3) is 6.96. The molecule has 3 rings (SSSR count). The van der Waals surface area contributed by atoms with Crippen molar-refractivity contribution in [3.05, 3.63) is 75.1 Å². The van der Waals surface area contributed by atoms with Gasteiger partial charge in [-0.1, -0.05) is 29.3 Å². The zero-order valence-electron chi connectivity index (χ0n) is 20.9. The molecule has 1 unspecified atom stereocenters. The van der Waals surface area contributed by atoms with Crippen LogP contribution in [0.15, 0.2) is 53.1 Å². The molecule has 1 aromatic carbocycles. The fourth-order valence-corrected chi connectivity index (χ4v) is 5.13. The lowest BCUT2D eigenvalue weighted by Crippen LogP contribution is -2.66. The SMILES string of the molecule is C\C=C(/C=N\C(=C\C#N)N1CC(C)(NS(C)=O)C1)C(=N)c1cc(OCc2c(Cl)cncc2Cl)c(F)cc1N. The van der Waals surface area contributed by atoms with Crippen molar-refractivity contribution in [2.24, 2.45) is 4.99 Å². The van der Waals surface area contributed by atoms with Gasteiger partial charge in [0.05, 0.1) is 44.4 Å². The van der Waals surface area contributed by atoms with Crippen LogP contribution in [-0.2, 0) is 17.6 Å². The van der Waals surface area contributed by atoms with Crippen molar-refractivity contribution in [3.8, 4) is 11.8 Å². The van der Waals surface area contributed by atoms with Gasteiger partial charge in [0, 0.05) is 66.4 Å². The van der Waals surface area contributed by atoms with Crippen LogP contribution in [0.4, 0.5) is 10.1 Å². The molecular weight excluding hydrogens is 552 g/mol. The molecule has 9 nitrogen and oxygen atoms in total. The van der Waals surface area contributed by atoms with Crippen LogP contribution in [-0.4, -0.2) is 50.9 Å². The van der Waals surface area contributed by atoms with E-state index in [0.29, 0.717) is 30.0 Å². The Hall–Kier alpha value is -3.30. The van der Waals surface area contributed by atoms with Gasteiger partial charge in [-0.3, -0.25) is 10.4 Å². The molecule has 0 spiro atoms. The van der Waals surface area contributed by atoms with Crippen LogP contribution in [0.25, 0.3) is 0 Å². The highest BCUT2D eigenvalue weighted by atomic mass is 35.5. The second-order valence-electron chi connectivity index (χ2n) is 8.72. The average molecular weight is 579 g/mol. The van der Waals surface area contributed by atoms with E-state index in [1.807, 2.05) is 17.9 Å². The third-order valence-corrected chi connectivity index (χ3v) is 7.05. The van der Waals surface area contributed by atoms with Crippen LogP contribution >= 0.6 is 23.2 Å². The molecule has 2 aromatic rings. The maximum atomic E-state index is 14.6. The Balaban J connectivity index is 1.79. The van der Waals surface area contributed by atoms with E-state index in [9.17, 15) is 13.9 Å². The van der Waals surface area contributed by atoms with Gasteiger partial charge in [-0.2, -0.15) is 5.26 Å². The van der Waals surface area contributed by atoms with E-state index in [0.717, 1.165) is 6.07 Å². The number of rotatable bonds is 10. The van der Waals surface area contributed by atoms with Gasteiger partial charge in [-0.25, -0.2) is 18.3 Å². The molecule has 2 heterocycles. The van der Waals surface area contributed by atoms with Crippen LogP contribution in [0.5, 0.6) is 5.75 Å². The molecule has 1 fully saturated rings. The van der Waals surface area contributed by atoms with Gasteiger partial charge < -0.3 is 15.4 Å². The van der Waals surface area contributed by atoms with Gasteiger partial charge in [0.25, 0.3) is 0 Å². The number of pyridine rings is 1. The molecular formula is C25H26Cl2FN7O2S. The molecule has 0 aliphatic carbocycles. The van der Waals surface area contributed by atoms with Crippen molar-refractivity contribution in [1.29, 1.82) is 10.7 Å². The van der Waals surface area contributed by atoms with Crippen molar-refractivity contribution in [3.63, 3.8) is 0 Å². The number of benzene rings is 1. The highest BCUT2D eigenvalue weighted by Crippen LogP contribution is 2.30. The monoisotopic (exact) mass is 577 g/mol. The summed E-state index contributed by atoms with van der Waals surface area (Å²) in [6.07, 6.45) is 8.75. The molecule has 200 valence electrons. The largest absolute Gasteiger partial charge is 0.486 e. The second kappa shape index (κ2) is 12.5. The Morgan fingerprint density at radius 2 is 2.08 bits per heavy atom. The van der Waals surface area contributed by atoms with Crippen molar-refractivity contribution in [2.75, 3.05) is 25.1 Å². The van der Waals surface area contributed by atoms with Crippen LogP contribution in [0, 0.1) is 22.6 Å². The van der Waals surface area contributed by atoms with Gasteiger partial charge in [-0.15, -0.1) is 0 Å². The second-order valence-corrected chi connectivity index (χ2v) is 10.6. The van der Waals surface area contributed by atoms with E-state index in [1.165, 1.54) is 30.8 Å². The topological polar surface area (TPSA) is 140 Å². The molecule has 13 heteroatoms. The predicted molar refractivity (Wildman–Crippen MR) is 149 cm³/mol. The first kappa shape index (κ1) is 29.3. The number of anilines is 1. The summed E-state index contributed by atoms with van der Waals surface area (Å²) in [5.41, 5.74) is 6.74. The molecule has 1 aliphatic heterocycles. The first-order chi connectivity index (χ1) is 18.0. The quantitative estimate of drug-likeness (QED) is 0.217. The van der Waals surface area contributed by atoms with Crippen LogP contribution in [0.3, 0.4) is 0 Å². The minimum Gasteiger partial charge on any atom is -0.486 e. The smallest absolute Gasteiger partial charge is 0.167 e. The molecule has 0 radical (unpaired) electrons. The molecule has 38 heavy (non-hydrogen) atoms. The van der Waals surface area contributed by atoms with E-state index in [2.05, 4.69) is 14.7 Å². The van der Waals surface area contributed by atoms with E-state index >= 15 is 0 Å². The van der Waals surface area contributed by atoms with Gasteiger partial charge in [0.15, 0.2) is 11.6 Å². The van der Waals surface area contributed by atoms with Crippen LogP contribution < -0.4 is 15.2 Å². The van der Waals surface area contributed by atoms with E-state index in [1.54, 1.807) is 19.3 Å². The summed E-state index contributed by atoms with van der Waals surface area (Å²) in [5, 5.41) is 18.5. The molecule has 0 bridgehead atoms. The fraction of sp³-hybridized carbons (Fsp3) is 0.280. The summed E-state index contributed by atoms with van der Waals surface area (Å²) in [5.74, 6) is -0.457. The summed E-state index contributed by atoms with van der Waals surface area (Å²) < 4.78 is 34.8. The average Bonchev–Trinajstić information content (AvgIpc) is 2.82. The molecule has 0 amide bonds. The number of ether oxygens (including phenoxy) is 1. The van der Waals surface area contributed by atoms with Crippen molar-refractivity contribution < 1.29 is 13.3 Å². The Labute approximate surface area is 232 Å². The number of nitrogens with two attached hydrogens (primary N) is 1. The van der Waals surface area contributed by atoms with Crippen LogP contribution in [0.2, 0.25) is 10.0 Å². The zero-order valence-corrected chi connectivity index (χ0v) is 23.2. The van der Waals surface area contributed by atoms with Crippen molar-refractivity contribution in [1.82, 2.24) is 14.6 Å². The molecule has 1 aromatic heterocycles. The summed E-state index contributed by atoms with van der Waals surface area (Å²) in [6, 6.07) is 4.38. The fourth-order valence-electron chi connectivity index (χ4n) is 3.83. The first-order valence-corrected chi connectivity index (χ1v) is 13.5. The predicted octanol–water partition coefficient (Wildman–Crippen LogP) is 4.40. The van der Waals surface area contributed by atoms with Gasteiger partial charge >= 0.3 is 0 Å². The van der Waals surface area contributed by atoms with E-state index in [4.69, 9.17) is 39.1 Å². The van der Waals surface area contributed by atoms with Gasteiger partial charge in [-0.05, 0) is 19.9 Å². The molecule has 1 saturated heterocycles. The Bertz CT molecular complexity index is 1380. The zero-order chi connectivity index (χ0) is 28.0. The molecule has 4 N–H and O–H groups in total. The number of aromatic nitrogens is 1. The maximum Gasteiger partial charge on any atom is 0.167 e. The molecule has 0 saturated carbocycles. The number of nitrogen functional groups attached to an aromatic ring is 1. The number of hydrogen-bond donors (Lipinski definition) is 3. The number of hydrogen-bond acceptors (Lipinski definition) is 8. The number of nitrogens with one attached hydrogen (secondary N) is 2. The number of aliphatic imine (C=N–C) groups is 1. The summed E-state index contributed by atoms with van der Waals surface area (Å²) in [6.45, 7) is 4.52. The number of halogens is 3. The Kier molecular flexibility index (Phi) is 9.62. The minimum atomic E-state index is -1.18. The van der Waals surface area contributed by atoms with E-state index in [-0.39, 0.29) is 44.9 Å². The number of allylic oxidation sites excluding steroid dienone is 3. The molecule has 1 aliphatic rings. The van der Waals surface area contributed by atoms with Crippen LogP contribution in [0.1, 0.15) is 25.0 Å². The number of likely N-dealkylation sites (tertiary alicyclic amines) is 1. The lowest BCUT2D eigenvalue weighted by molar-refractivity contribution is 0.109. The van der Waals surface area contributed by atoms with E-state index < -0.39 is 16.8 Å². The number of nitriles is 1. The third-order valence-electron chi connectivity index (χ3n) is 5.62. The normalized spacial score (nSPS) is 16.2. The molecule has 1 atom stereocenters. The Morgan fingerprint density at radius 1 is 1.42 bits per heavy atom. The number of nitrogens with zero attached hydrogens (tertiary/aromatic N) is 4. The summed E-state index contributed by atoms with van der Waals surface area (Å²) >= 11 is 12.2. The summed E-state index contributed by atoms with van der Waals surface area (Å²) in [7, 11) is -1.18. The maximum absolute atomic E-state index is 14.6. The van der Waals surface area contributed by atoms with Gasteiger partial charge in [0.2, 0.25) is 0 Å². The van der Waals surface area contributed by atoms with Gasteiger partial charge in [0.1, 0.15) is 12.4 Å². The standard InChI is InChI=1S/C25H26Cl2FN7O2S/c1-4-15(9-33-23(5-6-29)35-13-25(2,14-35)34-38(3)36)24(31)16-7-22(20(28)8-21(16)30)37-12-17-18(26)10-32-11-19(17)27/h4-5,7-11,31,34H,12-14,30H2,1-3H3/b15-4+,23-5-,31-24?,33-9-.